The zero-order chi connectivity index (χ0) is 17.0. The summed E-state index contributed by atoms with van der Waals surface area (Å²) in [6.07, 6.45) is 1.77. The van der Waals surface area contributed by atoms with E-state index in [4.69, 9.17) is 0 Å². The van der Waals surface area contributed by atoms with Crippen molar-refractivity contribution in [3.8, 4) is 0 Å². The number of fused-ring (bicyclic) bond motifs is 1. The minimum Gasteiger partial charge on any atom is -0.356 e. The molecule has 8 heteroatoms. The number of nitrogens with zero attached hydrogens (tertiary/aromatic N) is 1. The largest absolute Gasteiger partial charge is 0.356 e. The van der Waals surface area contributed by atoms with E-state index in [9.17, 15) is 18.0 Å². The van der Waals surface area contributed by atoms with Crippen LogP contribution >= 0.6 is 0 Å². The fourth-order valence-electron chi connectivity index (χ4n) is 2.45. The van der Waals surface area contributed by atoms with Gasteiger partial charge in [0.05, 0.1) is 12.2 Å². The lowest BCUT2D eigenvalue weighted by atomic mass is 9.90. The van der Waals surface area contributed by atoms with Gasteiger partial charge in [0, 0.05) is 32.2 Å². The monoisotopic (exact) mass is 339 g/mol. The van der Waals surface area contributed by atoms with Crippen LogP contribution in [0.15, 0.2) is 24.3 Å². The Bertz CT molecular complexity index is 702. The second kappa shape index (κ2) is 7.10. The first-order valence-electron chi connectivity index (χ1n) is 7.37. The summed E-state index contributed by atoms with van der Waals surface area (Å²) in [6.45, 7) is 0.694. The molecule has 2 amide bonds. The molecule has 2 rings (SSSR count). The molecule has 0 aromatic heterocycles. The van der Waals surface area contributed by atoms with Gasteiger partial charge >= 0.3 is 0 Å². The third kappa shape index (κ3) is 4.52. The summed E-state index contributed by atoms with van der Waals surface area (Å²) in [7, 11) is -1.70. The third-order valence-electron chi connectivity index (χ3n) is 3.83. The lowest BCUT2D eigenvalue weighted by molar-refractivity contribution is -0.126. The van der Waals surface area contributed by atoms with Crippen molar-refractivity contribution in [2.45, 2.75) is 18.8 Å². The van der Waals surface area contributed by atoms with Crippen LogP contribution in [0.3, 0.4) is 0 Å². The number of sulfonamides is 1. The van der Waals surface area contributed by atoms with Crippen molar-refractivity contribution in [1.29, 1.82) is 0 Å². The summed E-state index contributed by atoms with van der Waals surface area (Å²) in [5.41, 5.74) is 1.47. The maximum Gasteiger partial charge on any atom is 0.228 e. The number of anilines is 1. The van der Waals surface area contributed by atoms with Gasteiger partial charge in [-0.3, -0.25) is 9.59 Å². The van der Waals surface area contributed by atoms with Gasteiger partial charge in [-0.25, -0.2) is 12.7 Å². The van der Waals surface area contributed by atoms with Crippen LogP contribution in [0.5, 0.6) is 0 Å². The van der Waals surface area contributed by atoms with Crippen molar-refractivity contribution in [1.82, 2.24) is 9.62 Å². The first kappa shape index (κ1) is 17.4. The number of hydrogen-bond donors (Lipinski definition) is 2. The first-order valence-corrected chi connectivity index (χ1v) is 9.21. The fraction of sp³-hybridized carbons (Fsp3) is 0.467. The number of nitrogens with one attached hydrogen (secondary N) is 2. The molecule has 1 aromatic rings. The van der Waals surface area contributed by atoms with Crippen LogP contribution in [-0.4, -0.2) is 50.9 Å². The summed E-state index contributed by atoms with van der Waals surface area (Å²) in [6, 6.07) is 7.24. The summed E-state index contributed by atoms with van der Waals surface area (Å²) < 4.78 is 23.8. The Morgan fingerprint density at radius 1 is 1.39 bits per heavy atom. The average molecular weight is 339 g/mol. The number of carbonyl (C=O) groups excluding carboxylic acids is 2. The van der Waals surface area contributed by atoms with E-state index in [1.54, 1.807) is 12.1 Å². The highest BCUT2D eigenvalue weighted by Gasteiger charge is 2.30. The maximum absolute atomic E-state index is 12.3. The molecule has 0 bridgehead atoms. The minimum absolute atomic E-state index is 0.117. The van der Waals surface area contributed by atoms with Gasteiger partial charge in [-0.2, -0.15) is 0 Å². The van der Waals surface area contributed by atoms with Crippen molar-refractivity contribution in [2.24, 2.45) is 0 Å². The highest BCUT2D eigenvalue weighted by molar-refractivity contribution is 7.88. The van der Waals surface area contributed by atoms with Gasteiger partial charge in [0.15, 0.2) is 0 Å². The molecule has 2 N–H and O–H groups in total. The predicted molar refractivity (Wildman–Crippen MR) is 87.5 cm³/mol. The van der Waals surface area contributed by atoms with E-state index >= 15 is 0 Å². The summed E-state index contributed by atoms with van der Waals surface area (Å²) in [5, 5.41) is 5.53. The van der Waals surface area contributed by atoms with Gasteiger partial charge in [0.25, 0.3) is 0 Å². The molecule has 1 aromatic carbocycles. The highest BCUT2D eigenvalue weighted by atomic mass is 32.2. The lowest BCUT2D eigenvalue weighted by Crippen LogP contribution is -2.36. The van der Waals surface area contributed by atoms with Crippen LogP contribution in [0, 0.1) is 0 Å². The van der Waals surface area contributed by atoms with Crippen LogP contribution in [-0.2, 0) is 19.6 Å². The van der Waals surface area contributed by atoms with Crippen molar-refractivity contribution in [2.75, 3.05) is 31.7 Å². The predicted octanol–water partition coefficient (Wildman–Crippen LogP) is 0.510. The molecule has 0 unspecified atom stereocenters. The van der Waals surface area contributed by atoms with E-state index in [1.165, 1.54) is 11.4 Å². The second-order valence-corrected chi connectivity index (χ2v) is 7.71. The number of carbonyl (C=O) groups is 2. The number of hydrogen-bond acceptors (Lipinski definition) is 4. The molecule has 0 saturated heterocycles. The van der Waals surface area contributed by atoms with E-state index in [0.717, 1.165) is 11.8 Å². The van der Waals surface area contributed by atoms with Crippen LogP contribution in [0.25, 0.3) is 0 Å². The normalized spacial score (nSPS) is 17.5. The minimum atomic E-state index is -3.20. The smallest absolute Gasteiger partial charge is 0.228 e. The Morgan fingerprint density at radius 2 is 2.09 bits per heavy atom. The molecule has 0 radical (unpaired) electrons. The zero-order valence-electron chi connectivity index (χ0n) is 13.2. The SMILES string of the molecule is CN(CCCNC(=O)[C@H]1CC(=O)Nc2ccccc21)S(C)(=O)=O. The Kier molecular flexibility index (Phi) is 5.38. The molecular weight excluding hydrogens is 318 g/mol. The standard InChI is InChI=1S/C15H21N3O4S/c1-18(23(2,21)22)9-5-8-16-15(20)12-10-14(19)17-13-7-4-3-6-11(12)13/h3-4,6-7,12H,5,8-10H2,1-2H3,(H,16,20)(H,17,19)/t12-/m0/s1. The molecule has 0 spiro atoms. The molecule has 1 aliphatic heterocycles. The summed E-state index contributed by atoms with van der Waals surface area (Å²) in [5.74, 6) is -0.900. The molecule has 126 valence electrons. The van der Waals surface area contributed by atoms with Crippen molar-refractivity contribution in [3.63, 3.8) is 0 Å². The van der Waals surface area contributed by atoms with Gasteiger partial charge < -0.3 is 10.6 Å². The summed E-state index contributed by atoms with van der Waals surface area (Å²) >= 11 is 0. The van der Waals surface area contributed by atoms with E-state index in [2.05, 4.69) is 10.6 Å². The average Bonchev–Trinajstić information content (AvgIpc) is 2.49. The highest BCUT2D eigenvalue weighted by Crippen LogP contribution is 2.31. The number of amides is 2. The van der Waals surface area contributed by atoms with Crippen LogP contribution in [0.2, 0.25) is 0 Å². The lowest BCUT2D eigenvalue weighted by Gasteiger charge is -2.24. The van der Waals surface area contributed by atoms with Gasteiger partial charge in [-0.1, -0.05) is 18.2 Å². The van der Waals surface area contributed by atoms with Crippen molar-refractivity contribution in [3.05, 3.63) is 29.8 Å². The van der Waals surface area contributed by atoms with Crippen LogP contribution in [0.4, 0.5) is 5.69 Å². The Morgan fingerprint density at radius 3 is 2.78 bits per heavy atom. The van der Waals surface area contributed by atoms with E-state index in [0.29, 0.717) is 25.2 Å². The molecule has 1 atom stereocenters. The Labute approximate surface area is 136 Å². The van der Waals surface area contributed by atoms with Crippen molar-refractivity contribution >= 4 is 27.5 Å². The molecule has 0 saturated carbocycles. The van der Waals surface area contributed by atoms with Gasteiger partial charge in [0.1, 0.15) is 0 Å². The van der Waals surface area contributed by atoms with E-state index < -0.39 is 15.9 Å². The molecule has 1 heterocycles. The molecule has 7 nitrogen and oxygen atoms in total. The molecule has 0 fully saturated rings. The van der Waals surface area contributed by atoms with Gasteiger partial charge in [0.2, 0.25) is 21.8 Å². The third-order valence-corrected chi connectivity index (χ3v) is 5.15. The first-order chi connectivity index (χ1) is 10.8. The molecular formula is C15H21N3O4S. The summed E-state index contributed by atoms with van der Waals surface area (Å²) in [4.78, 5) is 24.0. The van der Waals surface area contributed by atoms with Crippen LogP contribution in [0.1, 0.15) is 24.3 Å². The van der Waals surface area contributed by atoms with E-state index in [-0.39, 0.29) is 18.2 Å². The second-order valence-electron chi connectivity index (χ2n) is 5.62. The Hall–Kier alpha value is -1.93. The quantitative estimate of drug-likeness (QED) is 0.738. The maximum atomic E-state index is 12.3. The van der Waals surface area contributed by atoms with Gasteiger partial charge in [-0.05, 0) is 18.1 Å². The number of rotatable bonds is 6. The fourth-order valence-corrected chi connectivity index (χ4v) is 2.91. The number of benzene rings is 1. The van der Waals surface area contributed by atoms with Crippen LogP contribution < -0.4 is 10.6 Å². The Balaban J connectivity index is 1.90. The van der Waals surface area contributed by atoms with Crippen molar-refractivity contribution < 1.29 is 18.0 Å². The molecule has 23 heavy (non-hydrogen) atoms. The molecule has 0 aliphatic carbocycles. The topological polar surface area (TPSA) is 95.6 Å². The van der Waals surface area contributed by atoms with Gasteiger partial charge in [-0.15, -0.1) is 0 Å². The number of para-hydroxylation sites is 1. The zero-order valence-corrected chi connectivity index (χ0v) is 14.0. The van der Waals surface area contributed by atoms with E-state index in [1.807, 2.05) is 12.1 Å². The molecule has 1 aliphatic rings.